The fourth-order valence-electron chi connectivity index (χ4n) is 16.0. The van der Waals surface area contributed by atoms with Crippen LogP contribution in [-0.2, 0) is 0 Å². The molecule has 0 spiro atoms. The van der Waals surface area contributed by atoms with Crippen LogP contribution >= 0.6 is 47.0 Å². The van der Waals surface area contributed by atoms with Gasteiger partial charge in [0.05, 0.1) is 44.1 Å². The first-order valence-electron chi connectivity index (χ1n) is 40.9. The first kappa shape index (κ1) is 75.6. The third-order valence-corrected chi connectivity index (χ3v) is 26.6. The van der Waals surface area contributed by atoms with E-state index in [0.29, 0.717) is 90.1 Å². The van der Waals surface area contributed by atoms with E-state index in [1.165, 1.54) is 25.7 Å². The molecule has 576 valence electrons. The van der Waals surface area contributed by atoms with Crippen molar-refractivity contribution in [3.05, 3.63) is 190 Å². The highest BCUT2D eigenvalue weighted by atomic mass is 32.2. The molecule has 12 aromatic rings. The molecule has 0 N–H and O–H groups in total. The Kier molecular flexibility index (Phi) is 24.0. The molecule has 0 atom stereocenters. The predicted octanol–water partition coefficient (Wildman–Crippen LogP) is 26.7. The minimum absolute atomic E-state index is 0.197. The summed E-state index contributed by atoms with van der Waals surface area (Å²) in [7, 11) is 0. The van der Waals surface area contributed by atoms with Gasteiger partial charge in [0, 0.05) is 92.4 Å². The van der Waals surface area contributed by atoms with Gasteiger partial charge in [-0.05, 0) is 196 Å². The summed E-state index contributed by atoms with van der Waals surface area (Å²) in [6.07, 6.45) is 19.9. The summed E-state index contributed by atoms with van der Waals surface area (Å²) in [5, 5.41) is 0. The molecular weight excluding hydrogens is 1470 g/mol. The number of ether oxygens (including phenoxy) is 8. The van der Waals surface area contributed by atoms with Crippen LogP contribution in [0.15, 0.2) is 146 Å². The lowest BCUT2D eigenvalue weighted by Gasteiger charge is -2.30. The molecule has 8 aromatic carbocycles. The molecule has 0 saturated carbocycles. The number of benzene rings is 8. The molecule has 112 heavy (non-hydrogen) atoms. The fraction of sp³-hybridized carbons (Fsp3) is 0.391. The molecule has 4 aliphatic heterocycles. The van der Waals surface area contributed by atoms with E-state index in [1.54, 1.807) is 0 Å². The standard InChI is InChI=1S/C92H96N8O8S4/c1-5-9-41-109-45-25-21-29-57-61-49-63-58(30-22-26-46-110-42-10-6-2)65-51-67-60(32-24-28-48-112-44-12-8-4)68-52-66-59(31-23-27-47-111-43-11-7-3)64-50-62(57)78-54-80(64)104-88-90(98-74-38-18-16-36-72(74)96-88)106-82(66)56-84(68)108-92-91(99-75-39-19-20-40-76(75)100-92)107-83(67)55-81(65)105-89-87(95-71-35-15-17-37-73(71)97-89)103-79(63)53-77(61)101-85-86(102-78)94-70-34-14-13-33-69(70)93-85/h13-20,33-40,49-60H,5-12,21-32,41-48H2,1-4H3. The van der Waals surface area contributed by atoms with Gasteiger partial charge in [-0.2, -0.15) is 47.0 Å². The Morgan fingerprint density at radius 1 is 0.214 bits per heavy atom. The average Bonchev–Trinajstić information content (AvgIpc) is 1.14. The number of thioether (sulfide) groups is 4. The predicted molar refractivity (Wildman–Crippen MR) is 456 cm³/mol. The van der Waals surface area contributed by atoms with Crippen molar-refractivity contribution in [2.75, 3.05) is 46.0 Å². The van der Waals surface area contributed by atoms with Crippen molar-refractivity contribution in [3.63, 3.8) is 0 Å². The lowest BCUT2D eigenvalue weighted by atomic mass is 9.76. The Morgan fingerprint density at radius 3 is 0.536 bits per heavy atom. The van der Waals surface area contributed by atoms with Crippen molar-refractivity contribution in [3.8, 4) is 93.0 Å². The highest BCUT2D eigenvalue weighted by Crippen LogP contribution is 2.59. The van der Waals surface area contributed by atoms with Crippen LogP contribution in [0, 0.1) is 0 Å². The Labute approximate surface area is 673 Å². The average molecular weight is 1570 g/mol. The Hall–Kier alpha value is -9.08. The zero-order valence-electron chi connectivity index (χ0n) is 64.4. The van der Waals surface area contributed by atoms with Crippen LogP contribution in [-0.4, -0.2) is 85.9 Å². The van der Waals surface area contributed by atoms with Gasteiger partial charge >= 0.3 is 0 Å². The summed E-state index contributed by atoms with van der Waals surface area (Å²) in [5.74, 6) is 13.2. The van der Waals surface area contributed by atoms with Gasteiger partial charge in [0.15, 0.2) is 0 Å². The van der Waals surface area contributed by atoms with E-state index in [2.05, 4.69) is 76.2 Å². The molecule has 4 aromatic heterocycles. The Morgan fingerprint density at radius 2 is 0.375 bits per heavy atom. The first-order chi connectivity index (χ1) is 55.3. The van der Waals surface area contributed by atoms with Gasteiger partial charge in [-0.3, -0.25) is 0 Å². The minimum atomic E-state index is -0.367. The molecule has 5 aliphatic rings. The van der Waals surface area contributed by atoms with Gasteiger partial charge in [0.1, 0.15) is 46.0 Å². The van der Waals surface area contributed by atoms with Gasteiger partial charge in [0.25, 0.3) is 47.0 Å². The van der Waals surface area contributed by atoms with E-state index in [1.807, 2.05) is 144 Å². The van der Waals surface area contributed by atoms with Gasteiger partial charge in [-0.25, -0.2) is 39.9 Å². The SMILES string of the molecule is CCCCSCCCCC1c2cc3c4cc2Oc2nc5ccccc5nc2Oc2cc5c(cc21)C(CCCCSCCCC)c1cc2c(cc1Oc1nc6ccccc6nc1O5)Oc1nc5ccccc5nc1Oc1cc(c(cc1C2CCCCSCCCC)C3CCCCSCCCC)Oc1nc2ccccc2nc1O4. The maximum atomic E-state index is 7.59. The lowest BCUT2D eigenvalue weighted by molar-refractivity contribution is 0.377. The Balaban J connectivity index is 1.00. The summed E-state index contributed by atoms with van der Waals surface area (Å²) in [6.45, 7) is 9.08. The number of hydrogen-bond donors (Lipinski definition) is 0. The maximum Gasteiger partial charge on any atom is 0.284 e. The quantitative estimate of drug-likeness (QED) is 0.0363. The van der Waals surface area contributed by atoms with E-state index in [9.17, 15) is 0 Å². The van der Waals surface area contributed by atoms with Gasteiger partial charge < -0.3 is 37.9 Å². The Bertz CT molecular complexity index is 4470. The monoisotopic (exact) mass is 1570 g/mol. The van der Waals surface area contributed by atoms with Crippen LogP contribution in [0.25, 0.3) is 44.1 Å². The van der Waals surface area contributed by atoms with Gasteiger partial charge in [-0.15, -0.1) is 0 Å². The zero-order valence-corrected chi connectivity index (χ0v) is 67.7. The summed E-state index contributed by atoms with van der Waals surface area (Å²) < 4.78 is 60.7. The molecule has 8 bridgehead atoms. The van der Waals surface area contributed by atoms with Gasteiger partial charge in [-0.1, -0.05) is 128 Å². The van der Waals surface area contributed by atoms with Crippen molar-refractivity contribution in [2.24, 2.45) is 0 Å². The number of para-hydroxylation sites is 8. The van der Waals surface area contributed by atoms with Crippen molar-refractivity contribution in [1.82, 2.24) is 39.9 Å². The second kappa shape index (κ2) is 35.5. The molecular formula is C92H96N8O8S4. The summed E-state index contributed by atoms with van der Waals surface area (Å²) >= 11 is 8.17. The van der Waals surface area contributed by atoms with Crippen LogP contribution in [0.4, 0.5) is 0 Å². The summed E-state index contributed by atoms with van der Waals surface area (Å²) in [5.41, 5.74) is 12.8. The van der Waals surface area contributed by atoms with Crippen molar-refractivity contribution >= 4 is 91.2 Å². The fourth-order valence-corrected chi connectivity index (χ4v) is 20.4. The number of unbranched alkanes of at least 4 members (excludes halogenated alkanes) is 8. The number of fused-ring (bicyclic) bond motifs is 8. The van der Waals surface area contributed by atoms with E-state index >= 15 is 0 Å². The summed E-state index contributed by atoms with van der Waals surface area (Å²) in [6, 6.07) is 49.5. The molecule has 0 saturated heterocycles. The van der Waals surface area contributed by atoms with Crippen LogP contribution in [0.3, 0.4) is 0 Å². The molecule has 8 heterocycles. The molecule has 17 rings (SSSR count). The van der Waals surface area contributed by atoms with Gasteiger partial charge in [0.2, 0.25) is 0 Å². The molecule has 16 nitrogen and oxygen atoms in total. The van der Waals surface area contributed by atoms with E-state index in [0.717, 1.165) is 193 Å². The van der Waals surface area contributed by atoms with Crippen LogP contribution in [0.5, 0.6) is 93.0 Å². The van der Waals surface area contributed by atoms with Crippen molar-refractivity contribution < 1.29 is 37.9 Å². The smallest absolute Gasteiger partial charge is 0.284 e. The van der Waals surface area contributed by atoms with E-state index < -0.39 is 0 Å². The summed E-state index contributed by atoms with van der Waals surface area (Å²) in [4.78, 5) is 42.7. The van der Waals surface area contributed by atoms with Crippen LogP contribution < -0.4 is 37.9 Å². The number of rotatable bonds is 32. The zero-order chi connectivity index (χ0) is 75.7. The second-order valence-corrected chi connectivity index (χ2v) is 34.8. The molecule has 1 aliphatic carbocycles. The normalized spacial score (nSPS) is 16.0. The maximum absolute atomic E-state index is 7.59. The number of hydrogen-bond acceptors (Lipinski definition) is 20. The molecule has 0 radical (unpaired) electrons. The highest BCUT2D eigenvalue weighted by molar-refractivity contribution is 7.99. The molecule has 0 unspecified atom stereocenters. The molecule has 0 amide bonds. The van der Waals surface area contributed by atoms with E-state index in [4.69, 9.17) is 77.8 Å². The lowest BCUT2D eigenvalue weighted by Crippen LogP contribution is -2.13. The molecule has 20 heteroatoms. The van der Waals surface area contributed by atoms with Crippen LogP contribution in [0.2, 0.25) is 0 Å². The third-order valence-electron chi connectivity index (χ3n) is 22.0. The topological polar surface area (TPSA) is 177 Å². The second-order valence-electron chi connectivity index (χ2n) is 29.9. The minimum Gasteiger partial charge on any atom is -0.434 e. The molecule has 0 fully saturated rings. The van der Waals surface area contributed by atoms with Crippen molar-refractivity contribution in [1.29, 1.82) is 0 Å². The third kappa shape index (κ3) is 16.5. The number of nitrogens with zero attached hydrogens (tertiary/aromatic N) is 8. The van der Waals surface area contributed by atoms with E-state index in [-0.39, 0.29) is 70.7 Å². The highest BCUT2D eigenvalue weighted by Gasteiger charge is 2.40. The number of aromatic nitrogens is 8. The largest absolute Gasteiger partial charge is 0.434 e. The van der Waals surface area contributed by atoms with Crippen molar-refractivity contribution in [2.45, 2.75) is 180 Å². The first-order valence-corrected chi connectivity index (χ1v) is 45.5. The van der Waals surface area contributed by atoms with Crippen LogP contribution in [0.1, 0.15) is 224 Å².